The molecule has 0 unspecified atom stereocenters. The average Bonchev–Trinajstić information content (AvgIpc) is 3.29. The van der Waals surface area contributed by atoms with Gasteiger partial charge >= 0.3 is 0 Å². The van der Waals surface area contributed by atoms with Crippen LogP contribution in [0, 0.1) is 29.9 Å². The maximum absolute atomic E-state index is 13.3. The van der Waals surface area contributed by atoms with Crippen LogP contribution in [0.3, 0.4) is 0 Å². The standard InChI is InChI=1S/C18H17N5O6/c1-8-13(9(2)21(3)19-8)15-14-16(29-20-15)18(25)22(17(14)24)11-7-10(23(26)27)5-6-12(11)28-4/h5-7,14,16H,1-4H3/t14-,16+/m0/s1. The van der Waals surface area contributed by atoms with Gasteiger partial charge in [-0.25, -0.2) is 4.90 Å². The predicted octanol–water partition coefficient (Wildman–Crippen LogP) is 1.25. The van der Waals surface area contributed by atoms with Crippen molar-refractivity contribution in [2.45, 2.75) is 20.0 Å². The molecular weight excluding hydrogens is 382 g/mol. The van der Waals surface area contributed by atoms with E-state index in [4.69, 9.17) is 9.57 Å². The summed E-state index contributed by atoms with van der Waals surface area (Å²) in [4.78, 5) is 43.0. The molecule has 0 aliphatic carbocycles. The van der Waals surface area contributed by atoms with Crippen LogP contribution >= 0.6 is 0 Å². The number of hydrogen-bond acceptors (Lipinski definition) is 8. The molecule has 0 bridgehead atoms. The Kier molecular flexibility index (Phi) is 4.10. The van der Waals surface area contributed by atoms with Gasteiger partial charge in [-0.3, -0.25) is 24.4 Å². The number of ether oxygens (including phenoxy) is 1. The lowest BCUT2D eigenvalue weighted by atomic mass is 9.93. The van der Waals surface area contributed by atoms with Gasteiger partial charge in [0.2, 0.25) is 12.0 Å². The molecule has 2 aliphatic heterocycles. The van der Waals surface area contributed by atoms with Crippen molar-refractivity contribution in [3.8, 4) is 5.75 Å². The molecule has 0 spiro atoms. The van der Waals surface area contributed by atoms with Crippen LogP contribution in [0.25, 0.3) is 0 Å². The Morgan fingerprint density at radius 3 is 2.55 bits per heavy atom. The number of methoxy groups -OCH3 is 1. The predicted molar refractivity (Wildman–Crippen MR) is 99.7 cm³/mol. The molecule has 0 N–H and O–H groups in total. The van der Waals surface area contributed by atoms with Gasteiger partial charge in [0.1, 0.15) is 23.1 Å². The first kappa shape index (κ1) is 18.6. The quantitative estimate of drug-likeness (QED) is 0.430. The van der Waals surface area contributed by atoms with Gasteiger partial charge in [-0.1, -0.05) is 5.16 Å². The van der Waals surface area contributed by atoms with E-state index in [9.17, 15) is 19.7 Å². The number of hydrogen-bond donors (Lipinski definition) is 0. The minimum atomic E-state index is -1.14. The largest absolute Gasteiger partial charge is 0.495 e. The van der Waals surface area contributed by atoms with Crippen molar-refractivity contribution in [2.75, 3.05) is 12.0 Å². The molecule has 2 aromatic rings. The number of fused-ring (bicyclic) bond motifs is 1. The molecule has 29 heavy (non-hydrogen) atoms. The van der Waals surface area contributed by atoms with Crippen molar-refractivity contribution in [2.24, 2.45) is 18.1 Å². The van der Waals surface area contributed by atoms with E-state index in [1.807, 2.05) is 6.92 Å². The number of anilines is 1. The van der Waals surface area contributed by atoms with Crippen LogP contribution in [0.2, 0.25) is 0 Å². The SMILES string of the molecule is COc1ccc([N+](=O)[O-])cc1N1C(=O)[C@H]2C(c3c(C)nn(C)c3C)=NO[C@H]2C1=O. The Balaban J connectivity index is 1.79. The Labute approximate surface area is 164 Å². The lowest BCUT2D eigenvalue weighted by Crippen LogP contribution is -2.33. The van der Waals surface area contributed by atoms with Crippen LogP contribution in [-0.2, 0) is 21.5 Å². The maximum Gasteiger partial charge on any atom is 0.279 e. The fraction of sp³-hybridized carbons (Fsp3) is 0.333. The lowest BCUT2D eigenvalue weighted by molar-refractivity contribution is -0.384. The van der Waals surface area contributed by atoms with E-state index >= 15 is 0 Å². The highest BCUT2D eigenvalue weighted by Gasteiger charge is 2.57. The summed E-state index contributed by atoms with van der Waals surface area (Å²) >= 11 is 0. The molecule has 150 valence electrons. The number of aryl methyl sites for hydroxylation is 2. The lowest BCUT2D eigenvalue weighted by Gasteiger charge is -2.18. The van der Waals surface area contributed by atoms with Gasteiger partial charge < -0.3 is 9.57 Å². The molecule has 0 radical (unpaired) electrons. The van der Waals surface area contributed by atoms with Crippen molar-refractivity contribution in [3.63, 3.8) is 0 Å². The molecule has 2 amide bonds. The first-order valence-corrected chi connectivity index (χ1v) is 8.70. The van der Waals surface area contributed by atoms with E-state index in [1.165, 1.54) is 19.2 Å². The van der Waals surface area contributed by atoms with E-state index in [0.717, 1.165) is 16.7 Å². The molecule has 2 atom stereocenters. The van der Waals surface area contributed by atoms with Crippen LogP contribution in [-0.4, -0.2) is 45.4 Å². The summed E-state index contributed by atoms with van der Waals surface area (Å²) in [5.74, 6) is -2.05. The molecule has 1 aromatic heterocycles. The first-order chi connectivity index (χ1) is 13.8. The van der Waals surface area contributed by atoms with Gasteiger partial charge in [0.25, 0.3) is 11.6 Å². The number of imide groups is 1. The second-order valence-electron chi connectivity index (χ2n) is 6.77. The van der Waals surface area contributed by atoms with E-state index in [1.54, 1.807) is 18.7 Å². The third kappa shape index (κ3) is 2.57. The number of non-ortho nitro benzene ring substituents is 1. The Hall–Kier alpha value is -3.76. The van der Waals surface area contributed by atoms with Crippen molar-refractivity contribution in [1.82, 2.24) is 9.78 Å². The van der Waals surface area contributed by atoms with E-state index in [-0.39, 0.29) is 17.1 Å². The molecular formula is C18H17N5O6. The number of rotatable bonds is 4. The topological polar surface area (TPSA) is 129 Å². The number of nitro groups is 1. The molecule has 2 aliphatic rings. The number of nitro benzene ring substituents is 1. The smallest absolute Gasteiger partial charge is 0.279 e. The van der Waals surface area contributed by atoms with Crippen LogP contribution in [0.1, 0.15) is 17.0 Å². The molecule has 11 heteroatoms. The fourth-order valence-electron chi connectivity index (χ4n) is 3.73. The molecule has 1 aromatic carbocycles. The summed E-state index contributed by atoms with van der Waals surface area (Å²) in [7, 11) is 3.11. The monoisotopic (exact) mass is 399 g/mol. The Morgan fingerprint density at radius 1 is 1.24 bits per heavy atom. The van der Waals surface area contributed by atoms with Gasteiger partial charge in [-0.2, -0.15) is 5.10 Å². The van der Waals surface area contributed by atoms with E-state index in [0.29, 0.717) is 17.0 Å². The second kappa shape index (κ2) is 6.40. The summed E-state index contributed by atoms with van der Waals surface area (Å²) in [6.07, 6.45) is -1.14. The number of oxime groups is 1. The summed E-state index contributed by atoms with van der Waals surface area (Å²) in [6.45, 7) is 3.61. The number of nitrogens with zero attached hydrogens (tertiary/aromatic N) is 5. The highest BCUT2D eigenvalue weighted by atomic mass is 16.7. The van der Waals surface area contributed by atoms with Crippen LogP contribution < -0.4 is 9.64 Å². The maximum atomic E-state index is 13.3. The van der Waals surface area contributed by atoms with E-state index < -0.39 is 28.8 Å². The molecule has 4 rings (SSSR count). The number of carbonyl (C=O) groups excluding carboxylic acids is 2. The van der Waals surface area contributed by atoms with Crippen molar-refractivity contribution < 1.29 is 24.1 Å². The normalized spacial score (nSPS) is 20.6. The van der Waals surface area contributed by atoms with Crippen LogP contribution in [0.5, 0.6) is 5.75 Å². The first-order valence-electron chi connectivity index (χ1n) is 8.70. The molecule has 1 saturated heterocycles. The highest BCUT2D eigenvalue weighted by Crippen LogP contribution is 2.40. The Morgan fingerprint density at radius 2 is 1.97 bits per heavy atom. The Bertz CT molecular complexity index is 1100. The fourth-order valence-corrected chi connectivity index (χ4v) is 3.73. The molecule has 0 saturated carbocycles. The zero-order valence-electron chi connectivity index (χ0n) is 16.1. The van der Waals surface area contributed by atoms with Crippen molar-refractivity contribution >= 4 is 28.9 Å². The summed E-state index contributed by atoms with van der Waals surface area (Å²) in [5, 5.41) is 19.5. The second-order valence-corrected chi connectivity index (χ2v) is 6.77. The van der Waals surface area contributed by atoms with Crippen molar-refractivity contribution in [3.05, 3.63) is 45.3 Å². The van der Waals surface area contributed by atoms with Crippen molar-refractivity contribution in [1.29, 1.82) is 0 Å². The third-order valence-corrected chi connectivity index (χ3v) is 5.19. The summed E-state index contributed by atoms with van der Waals surface area (Å²) in [6, 6.07) is 3.71. The number of carbonyl (C=O) groups is 2. The number of benzene rings is 1. The molecule has 3 heterocycles. The average molecular weight is 399 g/mol. The zero-order chi connectivity index (χ0) is 21.0. The summed E-state index contributed by atoms with van der Waals surface area (Å²) in [5.41, 5.74) is 2.12. The molecule has 1 fully saturated rings. The number of amides is 2. The minimum absolute atomic E-state index is 0.00585. The third-order valence-electron chi connectivity index (χ3n) is 5.19. The zero-order valence-corrected chi connectivity index (χ0v) is 16.1. The molecule has 11 nitrogen and oxygen atoms in total. The van der Waals surface area contributed by atoms with Crippen LogP contribution in [0.15, 0.2) is 23.4 Å². The van der Waals surface area contributed by atoms with Crippen LogP contribution in [0.4, 0.5) is 11.4 Å². The van der Waals surface area contributed by atoms with Gasteiger partial charge in [-0.15, -0.1) is 0 Å². The summed E-state index contributed by atoms with van der Waals surface area (Å²) < 4.78 is 6.87. The van der Waals surface area contributed by atoms with Gasteiger partial charge in [0.05, 0.1) is 17.7 Å². The highest BCUT2D eigenvalue weighted by molar-refractivity contribution is 6.33. The minimum Gasteiger partial charge on any atom is -0.495 e. The van der Waals surface area contributed by atoms with E-state index in [2.05, 4.69) is 10.3 Å². The van der Waals surface area contributed by atoms with Gasteiger partial charge in [-0.05, 0) is 19.9 Å². The number of aromatic nitrogens is 2. The van der Waals surface area contributed by atoms with Gasteiger partial charge in [0.15, 0.2) is 0 Å². The van der Waals surface area contributed by atoms with Gasteiger partial charge in [0, 0.05) is 30.4 Å².